The molecule has 0 saturated heterocycles. The Morgan fingerprint density at radius 1 is 0.853 bits per heavy atom. The van der Waals surface area contributed by atoms with Gasteiger partial charge in [0, 0.05) is 29.2 Å². The smallest absolute Gasteiger partial charge is 0.243 e. The molecule has 0 saturated carbocycles. The van der Waals surface area contributed by atoms with Crippen molar-refractivity contribution in [1.82, 2.24) is 10.2 Å². The number of hydrogen-bond acceptors (Lipinski definition) is 3. The SMILES string of the molecule is CC(C)NC(=O)C(Cc1ccccc1)N(Cc1ccc(Br)cc1)C(=O)CSCc1ccccc1. The molecule has 1 unspecified atom stereocenters. The van der Waals surface area contributed by atoms with E-state index in [2.05, 4.69) is 33.4 Å². The van der Waals surface area contributed by atoms with E-state index in [-0.39, 0.29) is 17.9 Å². The molecule has 0 spiro atoms. The van der Waals surface area contributed by atoms with E-state index in [1.807, 2.05) is 86.6 Å². The summed E-state index contributed by atoms with van der Waals surface area (Å²) >= 11 is 5.05. The van der Waals surface area contributed by atoms with Gasteiger partial charge in [0.1, 0.15) is 6.04 Å². The summed E-state index contributed by atoms with van der Waals surface area (Å²) in [5.74, 6) is 0.896. The van der Waals surface area contributed by atoms with Gasteiger partial charge in [0.05, 0.1) is 5.75 Å². The number of halogens is 1. The molecule has 0 aromatic heterocycles. The highest BCUT2D eigenvalue weighted by Crippen LogP contribution is 2.19. The Hall–Kier alpha value is -2.57. The van der Waals surface area contributed by atoms with Gasteiger partial charge in [0.2, 0.25) is 11.8 Å². The van der Waals surface area contributed by atoms with E-state index < -0.39 is 6.04 Å². The van der Waals surface area contributed by atoms with Crippen molar-refractivity contribution < 1.29 is 9.59 Å². The molecule has 3 rings (SSSR count). The Labute approximate surface area is 215 Å². The van der Waals surface area contributed by atoms with Crippen LogP contribution in [0.4, 0.5) is 0 Å². The highest BCUT2D eigenvalue weighted by atomic mass is 79.9. The number of amides is 2. The van der Waals surface area contributed by atoms with E-state index >= 15 is 0 Å². The topological polar surface area (TPSA) is 49.4 Å². The van der Waals surface area contributed by atoms with E-state index in [4.69, 9.17) is 0 Å². The van der Waals surface area contributed by atoms with E-state index in [9.17, 15) is 9.59 Å². The summed E-state index contributed by atoms with van der Waals surface area (Å²) in [7, 11) is 0. The molecule has 0 aliphatic heterocycles. The molecule has 0 bridgehead atoms. The fraction of sp³-hybridized carbons (Fsp3) is 0.286. The summed E-state index contributed by atoms with van der Waals surface area (Å²) in [6, 6.07) is 27.3. The molecule has 178 valence electrons. The van der Waals surface area contributed by atoms with E-state index in [0.29, 0.717) is 18.7 Å². The second-order valence-corrected chi connectivity index (χ2v) is 10.4. The van der Waals surface area contributed by atoms with Crippen LogP contribution in [0.25, 0.3) is 0 Å². The van der Waals surface area contributed by atoms with Crippen molar-refractivity contribution in [2.75, 3.05) is 5.75 Å². The molecular weight excluding hydrogens is 508 g/mol. The minimum absolute atomic E-state index is 0.0112. The summed E-state index contributed by atoms with van der Waals surface area (Å²) < 4.78 is 0.978. The highest BCUT2D eigenvalue weighted by molar-refractivity contribution is 9.10. The minimum Gasteiger partial charge on any atom is -0.352 e. The van der Waals surface area contributed by atoms with Crippen molar-refractivity contribution in [2.24, 2.45) is 0 Å². The van der Waals surface area contributed by atoms with Crippen LogP contribution in [0.1, 0.15) is 30.5 Å². The first-order chi connectivity index (χ1) is 16.4. The Bertz CT molecular complexity index is 1040. The normalized spacial score (nSPS) is 11.8. The highest BCUT2D eigenvalue weighted by Gasteiger charge is 2.30. The fourth-order valence-electron chi connectivity index (χ4n) is 3.63. The van der Waals surface area contributed by atoms with E-state index in [1.165, 1.54) is 5.56 Å². The Morgan fingerprint density at radius 3 is 2.03 bits per heavy atom. The average Bonchev–Trinajstić information content (AvgIpc) is 2.83. The maximum atomic E-state index is 13.5. The molecule has 2 amide bonds. The van der Waals surface area contributed by atoms with E-state index in [1.54, 1.807) is 16.7 Å². The lowest BCUT2D eigenvalue weighted by molar-refractivity contribution is -0.139. The lowest BCUT2D eigenvalue weighted by Gasteiger charge is -2.32. The molecule has 0 aliphatic rings. The van der Waals surface area contributed by atoms with Crippen LogP contribution >= 0.6 is 27.7 Å². The van der Waals surface area contributed by atoms with Crippen LogP contribution in [0.5, 0.6) is 0 Å². The van der Waals surface area contributed by atoms with Gasteiger partial charge >= 0.3 is 0 Å². The zero-order valence-corrected chi connectivity index (χ0v) is 22.0. The molecule has 34 heavy (non-hydrogen) atoms. The number of benzene rings is 3. The number of hydrogen-bond donors (Lipinski definition) is 1. The molecule has 0 aliphatic carbocycles. The number of thioether (sulfide) groups is 1. The van der Waals surface area contributed by atoms with E-state index in [0.717, 1.165) is 21.4 Å². The van der Waals surface area contributed by atoms with Crippen LogP contribution in [0, 0.1) is 0 Å². The number of nitrogens with zero attached hydrogens (tertiary/aromatic N) is 1. The minimum atomic E-state index is -0.599. The molecule has 3 aromatic rings. The largest absolute Gasteiger partial charge is 0.352 e. The van der Waals surface area contributed by atoms with Crippen molar-refractivity contribution in [3.05, 3.63) is 106 Å². The van der Waals surface area contributed by atoms with Crippen molar-refractivity contribution in [2.45, 2.75) is 44.6 Å². The Kier molecular flexibility index (Phi) is 10.2. The van der Waals surface area contributed by atoms with Gasteiger partial charge in [-0.2, -0.15) is 0 Å². The van der Waals surface area contributed by atoms with Gasteiger partial charge in [-0.15, -0.1) is 11.8 Å². The first-order valence-electron chi connectivity index (χ1n) is 11.4. The summed E-state index contributed by atoms with van der Waals surface area (Å²) in [5.41, 5.74) is 3.19. The zero-order valence-electron chi connectivity index (χ0n) is 19.6. The lowest BCUT2D eigenvalue weighted by atomic mass is 10.0. The van der Waals surface area contributed by atoms with Gasteiger partial charge < -0.3 is 10.2 Å². The van der Waals surface area contributed by atoms with Crippen LogP contribution in [0.2, 0.25) is 0 Å². The van der Waals surface area contributed by atoms with Gasteiger partial charge in [-0.25, -0.2) is 0 Å². The molecule has 3 aromatic carbocycles. The fourth-order valence-corrected chi connectivity index (χ4v) is 4.77. The third-order valence-corrected chi connectivity index (χ3v) is 6.82. The van der Waals surface area contributed by atoms with Crippen LogP contribution in [-0.2, 0) is 28.3 Å². The van der Waals surface area contributed by atoms with Crippen molar-refractivity contribution in [3.63, 3.8) is 0 Å². The van der Waals surface area contributed by atoms with Crippen LogP contribution in [-0.4, -0.2) is 34.6 Å². The summed E-state index contributed by atoms with van der Waals surface area (Å²) in [5, 5.41) is 3.03. The van der Waals surface area contributed by atoms with Crippen LogP contribution in [0.15, 0.2) is 89.4 Å². The number of rotatable bonds is 11. The molecule has 1 N–H and O–H groups in total. The number of nitrogens with one attached hydrogen (secondary N) is 1. The average molecular weight is 540 g/mol. The predicted molar refractivity (Wildman–Crippen MR) is 145 cm³/mol. The lowest BCUT2D eigenvalue weighted by Crippen LogP contribution is -2.52. The summed E-state index contributed by atoms with van der Waals surface area (Å²) in [4.78, 5) is 28.6. The first kappa shape index (κ1) is 26.0. The molecular formula is C28H31BrN2O2S. The molecule has 1 atom stereocenters. The van der Waals surface area contributed by atoms with Gasteiger partial charge in [-0.3, -0.25) is 9.59 Å². The molecule has 0 fully saturated rings. The van der Waals surface area contributed by atoms with Gasteiger partial charge in [0.15, 0.2) is 0 Å². The number of carbonyl (C=O) groups excluding carboxylic acids is 2. The molecule has 0 radical (unpaired) electrons. The standard InChI is InChI=1S/C28H31BrN2O2S/c1-21(2)30-28(33)26(17-22-9-5-3-6-10-22)31(18-23-13-15-25(29)16-14-23)27(32)20-34-19-24-11-7-4-8-12-24/h3-16,21,26H,17-20H2,1-2H3,(H,30,33). The van der Waals surface area contributed by atoms with Crippen molar-refractivity contribution in [3.8, 4) is 0 Å². The maximum Gasteiger partial charge on any atom is 0.243 e. The summed E-state index contributed by atoms with van der Waals surface area (Å²) in [6.07, 6.45) is 0.463. The summed E-state index contributed by atoms with van der Waals surface area (Å²) in [6.45, 7) is 4.25. The van der Waals surface area contributed by atoms with Gasteiger partial charge in [0.25, 0.3) is 0 Å². The van der Waals surface area contributed by atoms with Crippen molar-refractivity contribution >= 4 is 39.5 Å². The first-order valence-corrected chi connectivity index (χ1v) is 13.4. The Balaban J connectivity index is 1.84. The zero-order chi connectivity index (χ0) is 24.3. The maximum absolute atomic E-state index is 13.5. The van der Waals surface area contributed by atoms with Gasteiger partial charge in [-0.1, -0.05) is 88.7 Å². The van der Waals surface area contributed by atoms with Crippen molar-refractivity contribution in [1.29, 1.82) is 0 Å². The molecule has 4 nitrogen and oxygen atoms in total. The third kappa shape index (κ3) is 8.33. The Morgan fingerprint density at radius 2 is 1.44 bits per heavy atom. The van der Waals surface area contributed by atoms with Crippen LogP contribution < -0.4 is 5.32 Å². The monoisotopic (exact) mass is 538 g/mol. The molecule has 0 heterocycles. The third-order valence-electron chi connectivity index (χ3n) is 5.31. The second kappa shape index (κ2) is 13.4. The predicted octanol–water partition coefficient (Wildman–Crippen LogP) is 5.85. The number of carbonyl (C=O) groups is 2. The van der Waals surface area contributed by atoms with Gasteiger partial charge in [-0.05, 0) is 42.7 Å². The molecule has 6 heteroatoms. The quantitative estimate of drug-likeness (QED) is 0.333. The van der Waals surface area contributed by atoms with Crippen LogP contribution in [0.3, 0.4) is 0 Å². The second-order valence-electron chi connectivity index (χ2n) is 8.50.